The lowest BCUT2D eigenvalue weighted by Gasteiger charge is -2.10. The van der Waals surface area contributed by atoms with E-state index >= 15 is 0 Å². The summed E-state index contributed by atoms with van der Waals surface area (Å²) in [5.41, 5.74) is 2.96. The maximum atomic E-state index is 12.2. The topological polar surface area (TPSA) is 78.6 Å². The molecule has 5 rings (SSSR count). The van der Waals surface area contributed by atoms with E-state index in [-0.39, 0.29) is 12.2 Å². The van der Waals surface area contributed by atoms with E-state index in [0.29, 0.717) is 55.4 Å². The molecule has 0 N–H and O–H groups in total. The molecule has 3 aromatic carbocycles. The minimum absolute atomic E-state index is 0.172. The number of hydrogen-bond acceptors (Lipinski definition) is 6. The van der Waals surface area contributed by atoms with E-state index in [1.54, 1.807) is 48.5 Å². The second-order valence-electron chi connectivity index (χ2n) is 8.54. The molecule has 0 amide bonds. The molecule has 0 atom stereocenters. The summed E-state index contributed by atoms with van der Waals surface area (Å²) in [7, 11) is 0. The van der Waals surface area contributed by atoms with Gasteiger partial charge in [0.1, 0.15) is 36.2 Å². The number of halogens is 3. The first-order valence-electron chi connectivity index (χ1n) is 11.6. The Morgan fingerprint density at radius 2 is 1.79 bits per heavy atom. The number of carbonyl (C=O) groups excluding carboxylic acids is 2. The van der Waals surface area contributed by atoms with Gasteiger partial charge in [-0.1, -0.05) is 58.2 Å². The molecule has 38 heavy (non-hydrogen) atoms. The first-order valence-corrected chi connectivity index (χ1v) is 12.7. The molecule has 1 fully saturated rings. The van der Waals surface area contributed by atoms with Crippen LogP contribution in [-0.4, -0.2) is 17.4 Å². The summed E-state index contributed by atoms with van der Waals surface area (Å²) in [4.78, 5) is 23.1. The summed E-state index contributed by atoms with van der Waals surface area (Å²) in [6.07, 6.45) is 5.04. The van der Waals surface area contributed by atoms with E-state index < -0.39 is 5.97 Å². The summed E-state index contributed by atoms with van der Waals surface area (Å²) in [6.45, 7) is 0.172. The van der Waals surface area contributed by atoms with Gasteiger partial charge in [0.15, 0.2) is 0 Å². The predicted octanol–water partition coefficient (Wildman–Crippen LogP) is 7.74. The van der Waals surface area contributed by atoms with Crippen molar-refractivity contribution in [3.63, 3.8) is 0 Å². The van der Waals surface area contributed by atoms with Crippen molar-refractivity contribution in [2.24, 2.45) is 0 Å². The van der Waals surface area contributed by atoms with Crippen molar-refractivity contribution in [2.45, 2.75) is 25.4 Å². The average Bonchev–Trinajstić information content (AvgIpc) is 3.68. The Morgan fingerprint density at radius 1 is 1.03 bits per heavy atom. The first-order chi connectivity index (χ1) is 18.4. The zero-order valence-corrected chi connectivity index (χ0v) is 21.9. The number of esters is 1. The Bertz CT molecular complexity index is 1580. The van der Waals surface area contributed by atoms with Crippen LogP contribution in [0.25, 0.3) is 11.3 Å². The van der Waals surface area contributed by atoms with Crippen molar-refractivity contribution < 1.29 is 23.6 Å². The number of carbonyl (C=O) groups is 2. The molecule has 1 heterocycles. The lowest BCUT2D eigenvalue weighted by molar-refractivity contribution is 0.0690. The third-order valence-electron chi connectivity index (χ3n) is 5.88. The van der Waals surface area contributed by atoms with Crippen LogP contribution in [-0.2, 0) is 11.3 Å². The van der Waals surface area contributed by atoms with E-state index in [9.17, 15) is 9.59 Å². The number of hydrogen-bond donors (Lipinski definition) is 0. The van der Waals surface area contributed by atoms with E-state index in [4.69, 9.17) is 48.8 Å². The van der Waals surface area contributed by atoms with Gasteiger partial charge >= 0.3 is 5.97 Å². The van der Waals surface area contributed by atoms with Crippen molar-refractivity contribution in [3.05, 3.63) is 104 Å². The predicted molar refractivity (Wildman–Crippen MR) is 144 cm³/mol. The lowest BCUT2D eigenvalue weighted by atomic mass is 10.0. The van der Waals surface area contributed by atoms with Crippen LogP contribution in [0.1, 0.15) is 56.4 Å². The molecule has 0 bridgehead atoms. The van der Waals surface area contributed by atoms with Crippen molar-refractivity contribution in [3.8, 4) is 29.0 Å². The molecule has 9 heteroatoms. The van der Waals surface area contributed by atoms with Gasteiger partial charge < -0.3 is 14.0 Å². The molecule has 0 spiro atoms. The van der Waals surface area contributed by atoms with Crippen LogP contribution < -0.4 is 4.74 Å². The SMILES string of the molecule is O=Cc1cccc(C(=O)OC#Cc2ccc(OCc3c(-c4c(Cl)cccc4Cl)noc3C3CC3)cc2Cl)c1. The Balaban J connectivity index is 1.30. The molecule has 0 saturated heterocycles. The summed E-state index contributed by atoms with van der Waals surface area (Å²) in [5.74, 6) is 3.60. The molecule has 0 unspecified atom stereocenters. The van der Waals surface area contributed by atoms with Gasteiger partial charge in [-0.2, -0.15) is 0 Å². The molecule has 190 valence electrons. The van der Waals surface area contributed by atoms with Crippen LogP contribution in [0, 0.1) is 12.0 Å². The highest BCUT2D eigenvalue weighted by atomic mass is 35.5. The van der Waals surface area contributed by atoms with Gasteiger partial charge in [0.2, 0.25) is 0 Å². The summed E-state index contributed by atoms with van der Waals surface area (Å²) >= 11 is 19.2. The summed E-state index contributed by atoms with van der Waals surface area (Å²) in [6, 6.07) is 16.4. The smallest absolute Gasteiger partial charge is 0.352 e. The number of ether oxygens (including phenoxy) is 2. The fraction of sp³-hybridized carbons (Fsp3) is 0.138. The average molecular weight is 567 g/mol. The van der Waals surface area contributed by atoms with Crippen molar-refractivity contribution >= 4 is 47.1 Å². The number of nitrogens with zero attached hydrogens (tertiary/aromatic N) is 1. The van der Waals surface area contributed by atoms with Crippen LogP contribution in [0.15, 0.2) is 65.2 Å². The number of rotatable bonds is 7. The quantitative estimate of drug-likeness (QED) is 0.129. The van der Waals surface area contributed by atoms with Crippen molar-refractivity contribution in [1.29, 1.82) is 0 Å². The Labute approximate surface area is 233 Å². The molecule has 0 radical (unpaired) electrons. The molecule has 0 aliphatic heterocycles. The van der Waals surface area contributed by atoms with Crippen molar-refractivity contribution in [2.75, 3.05) is 0 Å². The molecule has 1 aliphatic rings. The van der Waals surface area contributed by atoms with Crippen LogP contribution in [0.3, 0.4) is 0 Å². The normalized spacial score (nSPS) is 12.4. The molecule has 1 saturated carbocycles. The summed E-state index contributed by atoms with van der Waals surface area (Å²) in [5, 5.41) is 5.52. The van der Waals surface area contributed by atoms with E-state index in [2.05, 4.69) is 17.2 Å². The molecule has 1 aromatic heterocycles. The van der Waals surface area contributed by atoms with Gasteiger partial charge in [0.25, 0.3) is 0 Å². The number of aromatic nitrogens is 1. The minimum Gasteiger partial charge on any atom is -0.489 e. The van der Waals surface area contributed by atoms with E-state index in [1.165, 1.54) is 12.1 Å². The monoisotopic (exact) mass is 565 g/mol. The highest BCUT2D eigenvalue weighted by Gasteiger charge is 2.33. The first kappa shape index (κ1) is 25.9. The number of benzene rings is 3. The van der Waals surface area contributed by atoms with E-state index in [1.807, 2.05) is 0 Å². The highest BCUT2D eigenvalue weighted by Crippen LogP contribution is 2.46. The van der Waals surface area contributed by atoms with Gasteiger partial charge in [-0.15, -0.1) is 0 Å². The standard InChI is InChI=1S/C29H18Cl3NO5/c30-23-5-2-6-24(31)26(23)27-22(28(38-33-27)19-7-8-19)16-37-21-10-9-18(25(32)14-21)11-12-36-29(35)20-4-1-3-17(13-20)15-34/h1-6,9-10,13-15,19H,7-8,16H2. The Kier molecular flexibility index (Phi) is 7.71. The maximum Gasteiger partial charge on any atom is 0.352 e. The Hall–Kier alpha value is -3.76. The van der Waals surface area contributed by atoms with Crippen LogP contribution in [0.5, 0.6) is 5.75 Å². The van der Waals surface area contributed by atoms with Gasteiger partial charge in [-0.3, -0.25) is 4.79 Å². The van der Waals surface area contributed by atoms with Crippen molar-refractivity contribution in [1.82, 2.24) is 5.16 Å². The van der Waals surface area contributed by atoms with Crippen LogP contribution in [0.4, 0.5) is 0 Å². The van der Waals surface area contributed by atoms with Gasteiger partial charge in [0, 0.05) is 28.7 Å². The molecular weight excluding hydrogens is 549 g/mol. The zero-order chi connectivity index (χ0) is 26.6. The molecule has 4 aromatic rings. The summed E-state index contributed by atoms with van der Waals surface area (Å²) < 4.78 is 16.7. The molecule has 6 nitrogen and oxygen atoms in total. The van der Waals surface area contributed by atoms with Gasteiger partial charge in [-0.25, -0.2) is 4.79 Å². The zero-order valence-electron chi connectivity index (χ0n) is 19.7. The van der Waals surface area contributed by atoms with Gasteiger partial charge in [-0.05, 0) is 55.2 Å². The second kappa shape index (κ2) is 11.3. The largest absolute Gasteiger partial charge is 0.489 e. The fourth-order valence-electron chi connectivity index (χ4n) is 3.82. The fourth-order valence-corrected chi connectivity index (χ4v) is 4.61. The third kappa shape index (κ3) is 5.71. The second-order valence-corrected chi connectivity index (χ2v) is 9.76. The van der Waals surface area contributed by atoms with Crippen LogP contribution >= 0.6 is 34.8 Å². The number of aldehydes is 1. The maximum absolute atomic E-state index is 12.2. The van der Waals surface area contributed by atoms with E-state index in [0.717, 1.165) is 24.2 Å². The lowest BCUT2D eigenvalue weighted by Crippen LogP contribution is -2.01. The van der Waals surface area contributed by atoms with Crippen LogP contribution in [0.2, 0.25) is 15.1 Å². The molecule has 1 aliphatic carbocycles. The van der Waals surface area contributed by atoms with Gasteiger partial charge in [0.05, 0.1) is 26.2 Å². The molecular formula is C29H18Cl3NO5. The Morgan fingerprint density at radius 3 is 2.50 bits per heavy atom. The highest BCUT2D eigenvalue weighted by molar-refractivity contribution is 6.39. The minimum atomic E-state index is -0.674. The third-order valence-corrected chi connectivity index (χ3v) is 6.82.